The van der Waals surface area contributed by atoms with Gasteiger partial charge in [0.05, 0.1) is 18.4 Å². The van der Waals surface area contributed by atoms with Gasteiger partial charge in [-0.2, -0.15) is 0 Å². The molecule has 1 amide bonds. The lowest BCUT2D eigenvalue weighted by molar-refractivity contribution is 0.102. The van der Waals surface area contributed by atoms with Crippen molar-refractivity contribution in [2.45, 2.75) is 6.92 Å². The second kappa shape index (κ2) is 7.21. The number of carbonyl (C=O) groups is 1. The second-order valence-electron chi connectivity index (χ2n) is 5.23. The van der Waals surface area contributed by atoms with Crippen LogP contribution in [0.5, 0.6) is 5.75 Å². The first-order valence-corrected chi connectivity index (χ1v) is 8.55. The van der Waals surface area contributed by atoms with Gasteiger partial charge < -0.3 is 4.74 Å². The first-order chi connectivity index (χ1) is 12.0. The van der Waals surface area contributed by atoms with Gasteiger partial charge in [-0.3, -0.25) is 10.1 Å². The van der Waals surface area contributed by atoms with E-state index in [0.717, 1.165) is 10.4 Å². The zero-order valence-corrected chi connectivity index (χ0v) is 15.0. The van der Waals surface area contributed by atoms with Crippen LogP contribution in [0.4, 0.5) is 9.52 Å². The van der Waals surface area contributed by atoms with Gasteiger partial charge in [-0.05, 0) is 49.4 Å². The predicted octanol–water partition coefficient (Wildman–Crippen LogP) is 5.17. The Hall–Kier alpha value is -2.44. The summed E-state index contributed by atoms with van der Waals surface area (Å²) < 4.78 is 18.3. The molecule has 7 heteroatoms. The standard InChI is InChI=1S/C18H14ClFN2O2S/c1-10-16(11-3-6-13(20)7-4-11)21-18(25-10)22-17(23)14-9-12(19)5-8-15(14)24-2/h3-9H,1-2H3,(H,21,22,23). The molecule has 0 unspecified atom stereocenters. The number of nitrogens with one attached hydrogen (secondary N) is 1. The van der Waals surface area contributed by atoms with Crippen LogP contribution in [0.15, 0.2) is 42.5 Å². The number of nitrogens with zero attached hydrogens (tertiary/aromatic N) is 1. The molecule has 0 aliphatic carbocycles. The molecule has 1 aromatic heterocycles. The summed E-state index contributed by atoms with van der Waals surface area (Å²) in [4.78, 5) is 17.9. The van der Waals surface area contributed by atoms with Gasteiger partial charge >= 0.3 is 0 Å². The number of halogens is 2. The molecule has 0 aliphatic heterocycles. The van der Waals surface area contributed by atoms with Crippen LogP contribution in [0.25, 0.3) is 11.3 Å². The Morgan fingerprint density at radius 2 is 1.96 bits per heavy atom. The second-order valence-corrected chi connectivity index (χ2v) is 6.87. The third kappa shape index (κ3) is 3.81. The van der Waals surface area contributed by atoms with Crippen LogP contribution in [0.2, 0.25) is 5.02 Å². The van der Waals surface area contributed by atoms with Crippen LogP contribution < -0.4 is 10.1 Å². The molecule has 0 aliphatic rings. The van der Waals surface area contributed by atoms with E-state index in [2.05, 4.69) is 10.3 Å². The van der Waals surface area contributed by atoms with Crippen molar-refractivity contribution in [3.63, 3.8) is 0 Å². The molecular formula is C18H14ClFN2O2S. The van der Waals surface area contributed by atoms with Crippen molar-refractivity contribution in [1.82, 2.24) is 4.98 Å². The first kappa shape index (κ1) is 17.4. The third-order valence-electron chi connectivity index (χ3n) is 3.54. The molecule has 25 heavy (non-hydrogen) atoms. The van der Waals surface area contributed by atoms with Gasteiger partial charge in [0.25, 0.3) is 5.91 Å². The molecule has 0 bridgehead atoms. The van der Waals surface area contributed by atoms with Gasteiger partial charge in [0.1, 0.15) is 11.6 Å². The molecule has 3 rings (SSSR count). The monoisotopic (exact) mass is 376 g/mol. The molecule has 0 spiro atoms. The normalized spacial score (nSPS) is 10.6. The summed E-state index contributed by atoms with van der Waals surface area (Å²) in [6.45, 7) is 1.89. The van der Waals surface area contributed by atoms with E-state index < -0.39 is 0 Å². The minimum absolute atomic E-state index is 0.307. The van der Waals surface area contributed by atoms with Crippen LogP contribution in [0.3, 0.4) is 0 Å². The van der Waals surface area contributed by atoms with Crippen molar-refractivity contribution in [3.05, 3.63) is 63.7 Å². The Morgan fingerprint density at radius 1 is 1.24 bits per heavy atom. The van der Waals surface area contributed by atoms with Gasteiger partial charge in [0.15, 0.2) is 5.13 Å². The highest BCUT2D eigenvalue weighted by atomic mass is 35.5. The number of ether oxygens (including phenoxy) is 1. The van der Waals surface area contributed by atoms with Crippen LogP contribution in [-0.4, -0.2) is 18.0 Å². The fourth-order valence-corrected chi connectivity index (χ4v) is 3.35. The molecule has 0 atom stereocenters. The van der Waals surface area contributed by atoms with Crippen LogP contribution in [0.1, 0.15) is 15.2 Å². The predicted molar refractivity (Wildman–Crippen MR) is 98.2 cm³/mol. The van der Waals surface area contributed by atoms with E-state index in [1.54, 1.807) is 24.3 Å². The van der Waals surface area contributed by atoms with Crippen molar-refractivity contribution in [2.24, 2.45) is 0 Å². The zero-order valence-electron chi connectivity index (χ0n) is 13.5. The van der Waals surface area contributed by atoms with E-state index in [9.17, 15) is 9.18 Å². The lowest BCUT2D eigenvalue weighted by Gasteiger charge is -2.08. The molecule has 3 aromatic rings. The molecule has 2 aromatic carbocycles. The van der Waals surface area contributed by atoms with Crippen LogP contribution in [-0.2, 0) is 0 Å². The number of thiazole rings is 1. The average Bonchev–Trinajstić information content (AvgIpc) is 2.95. The van der Waals surface area contributed by atoms with Gasteiger partial charge in [0.2, 0.25) is 0 Å². The quantitative estimate of drug-likeness (QED) is 0.683. The van der Waals surface area contributed by atoms with Crippen molar-refractivity contribution >= 4 is 34.0 Å². The molecule has 128 valence electrons. The average molecular weight is 377 g/mol. The molecule has 0 saturated heterocycles. The number of anilines is 1. The molecular weight excluding hydrogens is 363 g/mol. The topological polar surface area (TPSA) is 51.2 Å². The molecule has 0 radical (unpaired) electrons. The van der Waals surface area contributed by atoms with Crippen LogP contribution >= 0.6 is 22.9 Å². The maximum absolute atomic E-state index is 13.1. The SMILES string of the molecule is COc1ccc(Cl)cc1C(=O)Nc1nc(-c2ccc(F)cc2)c(C)s1. The number of aryl methyl sites for hydroxylation is 1. The summed E-state index contributed by atoms with van der Waals surface area (Å²) in [5.74, 6) is -0.245. The Morgan fingerprint density at radius 3 is 2.64 bits per heavy atom. The molecule has 1 N–H and O–H groups in total. The summed E-state index contributed by atoms with van der Waals surface area (Å²) in [5.41, 5.74) is 1.82. The minimum atomic E-state index is -0.362. The summed E-state index contributed by atoms with van der Waals surface area (Å²) in [7, 11) is 1.49. The molecule has 1 heterocycles. The molecule has 4 nitrogen and oxygen atoms in total. The zero-order chi connectivity index (χ0) is 18.0. The van der Waals surface area contributed by atoms with Crippen LogP contribution in [0, 0.1) is 12.7 Å². The smallest absolute Gasteiger partial charge is 0.261 e. The lowest BCUT2D eigenvalue weighted by Crippen LogP contribution is -2.13. The van der Waals surface area contributed by atoms with E-state index in [1.807, 2.05) is 6.92 Å². The van der Waals surface area contributed by atoms with E-state index in [1.165, 1.54) is 36.6 Å². The Balaban J connectivity index is 1.87. The van der Waals surface area contributed by atoms with Gasteiger partial charge in [-0.25, -0.2) is 9.37 Å². The van der Waals surface area contributed by atoms with E-state index in [4.69, 9.17) is 16.3 Å². The number of hydrogen-bond acceptors (Lipinski definition) is 4. The molecule has 0 fully saturated rings. The summed E-state index contributed by atoms with van der Waals surface area (Å²) in [6.07, 6.45) is 0. The highest BCUT2D eigenvalue weighted by Gasteiger charge is 2.16. The number of carbonyl (C=O) groups excluding carboxylic acids is 1. The van der Waals surface area contributed by atoms with E-state index in [0.29, 0.717) is 27.2 Å². The maximum Gasteiger partial charge on any atom is 0.261 e. The van der Waals surface area contributed by atoms with E-state index >= 15 is 0 Å². The minimum Gasteiger partial charge on any atom is -0.496 e. The summed E-state index contributed by atoms with van der Waals surface area (Å²) >= 11 is 7.31. The van der Waals surface area contributed by atoms with Gasteiger partial charge in [-0.1, -0.05) is 11.6 Å². The number of hydrogen-bond donors (Lipinski definition) is 1. The maximum atomic E-state index is 13.1. The Bertz CT molecular complexity index is 925. The number of methoxy groups -OCH3 is 1. The fraction of sp³-hybridized carbons (Fsp3) is 0.111. The number of rotatable bonds is 4. The molecule has 0 saturated carbocycles. The Kier molecular flexibility index (Phi) is 5.01. The van der Waals surface area contributed by atoms with Crippen molar-refractivity contribution < 1.29 is 13.9 Å². The van der Waals surface area contributed by atoms with E-state index in [-0.39, 0.29) is 11.7 Å². The highest BCUT2D eigenvalue weighted by Crippen LogP contribution is 2.31. The van der Waals surface area contributed by atoms with Gasteiger partial charge in [-0.15, -0.1) is 11.3 Å². The fourth-order valence-electron chi connectivity index (χ4n) is 2.35. The lowest BCUT2D eigenvalue weighted by atomic mass is 10.1. The number of aromatic nitrogens is 1. The Labute approximate surface area is 153 Å². The number of amides is 1. The summed E-state index contributed by atoms with van der Waals surface area (Å²) in [5, 5.41) is 3.64. The van der Waals surface area contributed by atoms with Crippen molar-refractivity contribution in [2.75, 3.05) is 12.4 Å². The van der Waals surface area contributed by atoms with Crippen molar-refractivity contribution in [3.8, 4) is 17.0 Å². The third-order valence-corrected chi connectivity index (χ3v) is 4.66. The van der Waals surface area contributed by atoms with Crippen molar-refractivity contribution in [1.29, 1.82) is 0 Å². The summed E-state index contributed by atoms with van der Waals surface area (Å²) in [6, 6.07) is 10.9. The highest BCUT2D eigenvalue weighted by molar-refractivity contribution is 7.16. The first-order valence-electron chi connectivity index (χ1n) is 7.36. The van der Waals surface area contributed by atoms with Gasteiger partial charge in [0, 0.05) is 15.5 Å². The largest absolute Gasteiger partial charge is 0.496 e. The number of benzene rings is 2.